The van der Waals surface area contributed by atoms with Gasteiger partial charge in [-0.1, -0.05) is 33.6 Å². The topological polar surface area (TPSA) is 55.1 Å². The van der Waals surface area contributed by atoms with Gasteiger partial charge in [-0.3, -0.25) is 4.79 Å². The number of hydrogen-bond donors (Lipinski definition) is 2. The first-order chi connectivity index (χ1) is 8.04. The monoisotopic (exact) mass is 240 g/mol. The number of rotatable bonds is 5. The number of hydrogen-bond acceptors (Lipinski definition) is 2. The number of amides is 1. The number of nitrogens with two attached hydrogens (primary N) is 1. The molecule has 100 valence electrons. The summed E-state index contributed by atoms with van der Waals surface area (Å²) in [5, 5.41) is 3.10. The van der Waals surface area contributed by atoms with Crippen LogP contribution in [0.5, 0.6) is 0 Å². The predicted molar refractivity (Wildman–Crippen MR) is 71.6 cm³/mol. The highest BCUT2D eigenvalue weighted by Gasteiger charge is 2.24. The van der Waals surface area contributed by atoms with Gasteiger partial charge in [0.2, 0.25) is 5.91 Å². The van der Waals surface area contributed by atoms with Crippen LogP contribution in [-0.2, 0) is 4.79 Å². The van der Waals surface area contributed by atoms with E-state index in [9.17, 15) is 4.79 Å². The van der Waals surface area contributed by atoms with E-state index < -0.39 is 0 Å². The fourth-order valence-electron chi connectivity index (χ4n) is 2.60. The van der Waals surface area contributed by atoms with E-state index in [0.717, 1.165) is 18.8 Å². The van der Waals surface area contributed by atoms with Crippen LogP contribution < -0.4 is 11.1 Å². The van der Waals surface area contributed by atoms with Gasteiger partial charge in [0.25, 0.3) is 0 Å². The van der Waals surface area contributed by atoms with Crippen LogP contribution in [-0.4, -0.2) is 18.0 Å². The number of nitrogens with one attached hydrogen (secondary N) is 1. The Labute approximate surface area is 106 Å². The normalized spacial score (nSPS) is 26.9. The fourth-order valence-corrected chi connectivity index (χ4v) is 2.60. The van der Waals surface area contributed by atoms with Crippen LogP contribution in [0.2, 0.25) is 0 Å². The number of carbonyl (C=O) groups is 1. The molecule has 0 saturated heterocycles. The second-order valence-electron chi connectivity index (χ2n) is 5.78. The zero-order valence-corrected chi connectivity index (χ0v) is 11.5. The van der Waals surface area contributed by atoms with E-state index >= 15 is 0 Å². The van der Waals surface area contributed by atoms with Crippen molar-refractivity contribution in [1.29, 1.82) is 0 Å². The van der Waals surface area contributed by atoms with Gasteiger partial charge in [0.05, 0.1) is 6.04 Å². The quantitative estimate of drug-likeness (QED) is 0.775. The van der Waals surface area contributed by atoms with Crippen LogP contribution >= 0.6 is 0 Å². The van der Waals surface area contributed by atoms with Crippen molar-refractivity contribution in [2.75, 3.05) is 0 Å². The van der Waals surface area contributed by atoms with Crippen molar-refractivity contribution in [2.24, 2.45) is 17.6 Å². The standard InChI is InChI=1S/C14H28N2O/c1-4-5-11-6-8-12(9-7-11)16-14(17)13(15)10(2)3/h10-13H,4-9,15H2,1-3H3,(H,16,17)/t11?,12?,13-/m0/s1. The fraction of sp³-hybridized carbons (Fsp3) is 0.929. The Morgan fingerprint density at radius 3 is 2.35 bits per heavy atom. The van der Waals surface area contributed by atoms with Gasteiger partial charge >= 0.3 is 0 Å². The van der Waals surface area contributed by atoms with Crippen LogP contribution in [0.1, 0.15) is 59.3 Å². The second kappa shape index (κ2) is 7.00. The van der Waals surface area contributed by atoms with Crippen LogP contribution in [0.4, 0.5) is 0 Å². The Kier molecular flexibility index (Phi) is 5.96. The first-order valence-electron chi connectivity index (χ1n) is 7.10. The Bertz CT molecular complexity index is 232. The third kappa shape index (κ3) is 4.66. The van der Waals surface area contributed by atoms with Gasteiger partial charge in [0, 0.05) is 6.04 Å². The van der Waals surface area contributed by atoms with Gasteiger partial charge in [-0.15, -0.1) is 0 Å². The first-order valence-corrected chi connectivity index (χ1v) is 7.10. The average molecular weight is 240 g/mol. The summed E-state index contributed by atoms with van der Waals surface area (Å²) in [6, 6.07) is 0.00349. The first kappa shape index (κ1) is 14.5. The minimum absolute atomic E-state index is 0.0268. The summed E-state index contributed by atoms with van der Waals surface area (Å²) in [7, 11) is 0. The van der Waals surface area contributed by atoms with E-state index in [2.05, 4.69) is 12.2 Å². The molecule has 0 aromatic carbocycles. The molecule has 0 spiro atoms. The molecule has 3 N–H and O–H groups in total. The molecular weight excluding hydrogens is 212 g/mol. The van der Waals surface area contributed by atoms with Crippen molar-refractivity contribution in [2.45, 2.75) is 71.4 Å². The van der Waals surface area contributed by atoms with Crippen LogP contribution in [0.15, 0.2) is 0 Å². The summed E-state index contributed by atoms with van der Waals surface area (Å²) in [6.07, 6.45) is 7.39. The Balaban J connectivity index is 2.28. The molecule has 1 saturated carbocycles. The SMILES string of the molecule is CCCC1CCC(NC(=O)[C@@H](N)C(C)C)CC1. The predicted octanol–water partition coefficient (Wildman–Crippen LogP) is 2.44. The Morgan fingerprint density at radius 1 is 1.29 bits per heavy atom. The zero-order valence-electron chi connectivity index (χ0n) is 11.5. The van der Waals surface area contributed by atoms with Crippen LogP contribution in [0.3, 0.4) is 0 Å². The molecule has 3 nitrogen and oxygen atoms in total. The lowest BCUT2D eigenvalue weighted by molar-refractivity contribution is -0.124. The van der Waals surface area contributed by atoms with E-state index in [-0.39, 0.29) is 17.9 Å². The molecule has 0 aliphatic heterocycles. The third-order valence-corrected chi connectivity index (χ3v) is 3.91. The molecule has 0 radical (unpaired) electrons. The van der Waals surface area contributed by atoms with E-state index in [0.29, 0.717) is 6.04 Å². The molecule has 1 rings (SSSR count). The lowest BCUT2D eigenvalue weighted by atomic mass is 9.83. The summed E-state index contributed by atoms with van der Waals surface area (Å²) in [5.74, 6) is 1.12. The lowest BCUT2D eigenvalue weighted by Crippen LogP contribution is -2.48. The molecule has 0 heterocycles. The van der Waals surface area contributed by atoms with Gasteiger partial charge < -0.3 is 11.1 Å². The highest BCUT2D eigenvalue weighted by molar-refractivity contribution is 5.82. The summed E-state index contributed by atoms with van der Waals surface area (Å²) >= 11 is 0. The molecule has 3 heteroatoms. The van der Waals surface area contributed by atoms with Crippen molar-refractivity contribution >= 4 is 5.91 Å². The van der Waals surface area contributed by atoms with Gasteiger partial charge in [-0.25, -0.2) is 0 Å². The van der Waals surface area contributed by atoms with E-state index in [1.54, 1.807) is 0 Å². The molecule has 1 atom stereocenters. The Hall–Kier alpha value is -0.570. The highest BCUT2D eigenvalue weighted by atomic mass is 16.2. The molecule has 0 aromatic heterocycles. The summed E-state index contributed by atoms with van der Waals surface area (Å²) < 4.78 is 0. The molecule has 0 bridgehead atoms. The molecule has 1 aliphatic rings. The Morgan fingerprint density at radius 2 is 1.88 bits per heavy atom. The van der Waals surface area contributed by atoms with Gasteiger partial charge in [-0.05, 0) is 37.5 Å². The molecular formula is C14H28N2O. The lowest BCUT2D eigenvalue weighted by Gasteiger charge is -2.30. The maximum Gasteiger partial charge on any atom is 0.237 e. The van der Waals surface area contributed by atoms with Crippen molar-refractivity contribution in [3.8, 4) is 0 Å². The molecule has 1 fully saturated rings. The van der Waals surface area contributed by atoms with Crippen molar-refractivity contribution < 1.29 is 4.79 Å². The van der Waals surface area contributed by atoms with Crippen molar-refractivity contribution in [3.63, 3.8) is 0 Å². The van der Waals surface area contributed by atoms with Gasteiger partial charge in [-0.2, -0.15) is 0 Å². The molecule has 17 heavy (non-hydrogen) atoms. The molecule has 1 aliphatic carbocycles. The van der Waals surface area contributed by atoms with Crippen LogP contribution in [0.25, 0.3) is 0 Å². The highest BCUT2D eigenvalue weighted by Crippen LogP contribution is 2.27. The average Bonchev–Trinajstić information content (AvgIpc) is 2.30. The van der Waals surface area contributed by atoms with Crippen molar-refractivity contribution in [3.05, 3.63) is 0 Å². The van der Waals surface area contributed by atoms with Crippen molar-refractivity contribution in [1.82, 2.24) is 5.32 Å². The molecule has 0 unspecified atom stereocenters. The second-order valence-corrected chi connectivity index (χ2v) is 5.78. The third-order valence-electron chi connectivity index (χ3n) is 3.91. The maximum atomic E-state index is 11.8. The molecule has 1 amide bonds. The van der Waals surface area contributed by atoms with Crippen LogP contribution in [0, 0.1) is 11.8 Å². The van der Waals surface area contributed by atoms with Gasteiger partial charge in [0.1, 0.15) is 0 Å². The minimum Gasteiger partial charge on any atom is -0.352 e. The summed E-state index contributed by atoms with van der Waals surface area (Å²) in [4.78, 5) is 11.8. The largest absolute Gasteiger partial charge is 0.352 e. The number of carbonyl (C=O) groups excluding carboxylic acids is 1. The summed E-state index contributed by atoms with van der Waals surface area (Å²) in [6.45, 7) is 6.22. The van der Waals surface area contributed by atoms with E-state index in [1.165, 1.54) is 25.7 Å². The summed E-state index contributed by atoms with van der Waals surface area (Å²) in [5.41, 5.74) is 5.84. The molecule has 0 aromatic rings. The van der Waals surface area contributed by atoms with E-state index in [1.807, 2.05) is 13.8 Å². The minimum atomic E-state index is -0.358. The van der Waals surface area contributed by atoms with Gasteiger partial charge in [0.15, 0.2) is 0 Å². The zero-order chi connectivity index (χ0) is 12.8. The maximum absolute atomic E-state index is 11.8. The smallest absolute Gasteiger partial charge is 0.237 e. The van der Waals surface area contributed by atoms with E-state index in [4.69, 9.17) is 5.73 Å².